The molecule has 3 nitrogen and oxygen atoms in total. The van der Waals surface area contributed by atoms with E-state index in [2.05, 4.69) is 5.32 Å². The van der Waals surface area contributed by atoms with Gasteiger partial charge in [-0.15, -0.1) is 0 Å². The fourth-order valence-electron chi connectivity index (χ4n) is 1.13. The molecular weight excluding hydrogens is 282 g/mol. The van der Waals surface area contributed by atoms with Crippen molar-refractivity contribution in [3.8, 4) is 0 Å². The summed E-state index contributed by atoms with van der Waals surface area (Å²) < 4.78 is 0. The Morgan fingerprint density at radius 2 is 1.82 bits per heavy atom. The SMILES string of the molecule is CC(C)(NCc1c(Cl)ccc(Cl)c1Cl)C(N)=O. The molecule has 0 aliphatic heterocycles. The number of halogens is 3. The van der Waals surface area contributed by atoms with Crippen LogP contribution in [0.2, 0.25) is 15.1 Å². The normalized spacial score (nSPS) is 11.6. The van der Waals surface area contributed by atoms with Gasteiger partial charge in [-0.1, -0.05) is 34.8 Å². The van der Waals surface area contributed by atoms with Crippen molar-refractivity contribution < 1.29 is 4.79 Å². The monoisotopic (exact) mass is 294 g/mol. The summed E-state index contributed by atoms with van der Waals surface area (Å²) >= 11 is 17.9. The maximum Gasteiger partial charge on any atom is 0.237 e. The molecule has 0 aromatic heterocycles. The zero-order valence-electron chi connectivity index (χ0n) is 9.48. The Labute approximate surface area is 115 Å². The topological polar surface area (TPSA) is 55.1 Å². The van der Waals surface area contributed by atoms with Crippen molar-refractivity contribution in [2.24, 2.45) is 5.73 Å². The summed E-state index contributed by atoms with van der Waals surface area (Å²) in [5.74, 6) is -0.452. The quantitative estimate of drug-likeness (QED) is 0.839. The predicted octanol–water partition coefficient (Wildman–Crippen LogP) is 3.00. The maximum absolute atomic E-state index is 11.1. The highest BCUT2D eigenvalue weighted by Gasteiger charge is 2.24. The van der Waals surface area contributed by atoms with Gasteiger partial charge in [0.25, 0.3) is 0 Å². The van der Waals surface area contributed by atoms with E-state index >= 15 is 0 Å². The zero-order chi connectivity index (χ0) is 13.2. The third-order valence-electron chi connectivity index (χ3n) is 2.46. The van der Waals surface area contributed by atoms with Crippen LogP contribution in [0.1, 0.15) is 19.4 Å². The molecule has 0 saturated carbocycles. The standard InChI is InChI=1S/C11H13Cl3N2O/c1-11(2,10(15)17)16-5-6-7(12)3-4-8(13)9(6)14/h3-4,16H,5H2,1-2H3,(H2,15,17). The molecule has 0 aliphatic rings. The summed E-state index contributed by atoms with van der Waals surface area (Å²) in [7, 11) is 0. The maximum atomic E-state index is 11.1. The second-order valence-corrected chi connectivity index (χ2v) is 5.36. The van der Waals surface area contributed by atoms with Crippen LogP contribution in [0.4, 0.5) is 0 Å². The first-order valence-corrected chi connectivity index (χ1v) is 6.06. The Kier molecular flexibility index (Phi) is 4.67. The molecule has 0 radical (unpaired) electrons. The number of nitrogens with two attached hydrogens (primary N) is 1. The molecule has 3 N–H and O–H groups in total. The molecule has 94 valence electrons. The third kappa shape index (κ3) is 3.49. The number of carbonyl (C=O) groups is 1. The average Bonchev–Trinajstić information content (AvgIpc) is 2.23. The molecule has 0 atom stereocenters. The number of benzene rings is 1. The van der Waals surface area contributed by atoms with Crippen LogP contribution in [-0.4, -0.2) is 11.4 Å². The summed E-state index contributed by atoms with van der Waals surface area (Å²) in [5, 5.41) is 4.28. The van der Waals surface area contributed by atoms with Gasteiger partial charge in [0.05, 0.1) is 15.6 Å². The van der Waals surface area contributed by atoms with Crippen molar-refractivity contribution in [1.82, 2.24) is 5.32 Å². The van der Waals surface area contributed by atoms with Crippen LogP contribution in [0.3, 0.4) is 0 Å². The highest BCUT2D eigenvalue weighted by molar-refractivity contribution is 6.44. The van der Waals surface area contributed by atoms with E-state index in [9.17, 15) is 4.79 Å². The summed E-state index contributed by atoms with van der Waals surface area (Å²) in [4.78, 5) is 11.1. The number of hydrogen-bond donors (Lipinski definition) is 2. The lowest BCUT2D eigenvalue weighted by Crippen LogP contribution is -2.50. The Hall–Kier alpha value is -0.480. The lowest BCUT2D eigenvalue weighted by atomic mass is 10.0. The van der Waals surface area contributed by atoms with Crippen LogP contribution >= 0.6 is 34.8 Å². The van der Waals surface area contributed by atoms with Crippen molar-refractivity contribution in [1.29, 1.82) is 0 Å². The summed E-state index contributed by atoms with van der Waals surface area (Å²) in [6.07, 6.45) is 0. The van der Waals surface area contributed by atoms with Crippen molar-refractivity contribution in [3.05, 3.63) is 32.8 Å². The Morgan fingerprint density at radius 1 is 1.29 bits per heavy atom. The van der Waals surface area contributed by atoms with Crippen LogP contribution in [0, 0.1) is 0 Å². The number of primary amides is 1. The highest BCUT2D eigenvalue weighted by Crippen LogP contribution is 2.31. The molecular formula is C11H13Cl3N2O. The molecule has 1 aromatic rings. The largest absolute Gasteiger partial charge is 0.368 e. The number of hydrogen-bond acceptors (Lipinski definition) is 2. The number of nitrogens with one attached hydrogen (secondary N) is 1. The first-order chi connectivity index (χ1) is 7.75. The molecule has 0 heterocycles. The molecule has 0 unspecified atom stereocenters. The number of carbonyl (C=O) groups excluding carboxylic acids is 1. The van der Waals surface area contributed by atoms with E-state index in [1.165, 1.54) is 0 Å². The number of amides is 1. The van der Waals surface area contributed by atoms with E-state index in [0.29, 0.717) is 27.2 Å². The summed E-state index contributed by atoms with van der Waals surface area (Å²) in [6.45, 7) is 3.68. The average molecular weight is 296 g/mol. The predicted molar refractivity (Wildman–Crippen MR) is 71.6 cm³/mol. The van der Waals surface area contributed by atoms with Gasteiger partial charge in [-0.2, -0.15) is 0 Å². The molecule has 6 heteroatoms. The molecule has 1 amide bonds. The second kappa shape index (κ2) is 5.44. The van der Waals surface area contributed by atoms with Gasteiger partial charge in [-0.3, -0.25) is 10.1 Å². The van der Waals surface area contributed by atoms with E-state index in [1.807, 2.05) is 0 Å². The Balaban J connectivity index is 2.90. The Morgan fingerprint density at radius 3 is 2.35 bits per heavy atom. The fraction of sp³-hybridized carbons (Fsp3) is 0.364. The van der Waals surface area contributed by atoms with Gasteiger partial charge in [0.15, 0.2) is 0 Å². The van der Waals surface area contributed by atoms with Gasteiger partial charge < -0.3 is 5.73 Å². The first kappa shape index (κ1) is 14.6. The summed E-state index contributed by atoms with van der Waals surface area (Å²) in [6, 6.07) is 3.28. The van der Waals surface area contributed by atoms with Crippen molar-refractivity contribution in [2.75, 3.05) is 0 Å². The third-order valence-corrected chi connectivity index (χ3v) is 3.66. The fourth-order valence-corrected chi connectivity index (χ4v) is 1.81. The van der Waals surface area contributed by atoms with E-state index in [1.54, 1.807) is 26.0 Å². The molecule has 1 rings (SSSR count). The van der Waals surface area contributed by atoms with E-state index in [-0.39, 0.29) is 0 Å². The van der Waals surface area contributed by atoms with Crippen LogP contribution in [0.25, 0.3) is 0 Å². The summed E-state index contributed by atoms with van der Waals surface area (Å²) in [5.41, 5.74) is 5.06. The first-order valence-electron chi connectivity index (χ1n) is 4.93. The molecule has 0 saturated heterocycles. The molecule has 17 heavy (non-hydrogen) atoms. The minimum absolute atomic E-state index is 0.314. The highest BCUT2D eigenvalue weighted by atomic mass is 35.5. The molecule has 0 aliphatic carbocycles. The van der Waals surface area contributed by atoms with Crippen molar-refractivity contribution >= 4 is 40.7 Å². The van der Waals surface area contributed by atoms with Crippen LogP contribution in [-0.2, 0) is 11.3 Å². The lowest BCUT2D eigenvalue weighted by molar-refractivity contribution is -0.123. The van der Waals surface area contributed by atoms with Crippen LogP contribution < -0.4 is 11.1 Å². The van der Waals surface area contributed by atoms with E-state index < -0.39 is 11.4 Å². The van der Waals surface area contributed by atoms with Gasteiger partial charge in [-0.05, 0) is 26.0 Å². The minimum atomic E-state index is -0.838. The van der Waals surface area contributed by atoms with Crippen LogP contribution in [0.15, 0.2) is 12.1 Å². The van der Waals surface area contributed by atoms with Gasteiger partial charge in [0.2, 0.25) is 5.91 Å². The van der Waals surface area contributed by atoms with Crippen LogP contribution in [0.5, 0.6) is 0 Å². The van der Waals surface area contributed by atoms with Crippen molar-refractivity contribution in [3.63, 3.8) is 0 Å². The molecule has 0 fully saturated rings. The smallest absolute Gasteiger partial charge is 0.237 e. The second-order valence-electron chi connectivity index (χ2n) is 4.16. The molecule has 0 bridgehead atoms. The van der Waals surface area contributed by atoms with E-state index in [4.69, 9.17) is 40.5 Å². The molecule has 1 aromatic carbocycles. The van der Waals surface area contributed by atoms with Crippen molar-refractivity contribution in [2.45, 2.75) is 25.9 Å². The Bertz CT molecular complexity index is 447. The zero-order valence-corrected chi connectivity index (χ0v) is 11.7. The van der Waals surface area contributed by atoms with Gasteiger partial charge in [0.1, 0.15) is 0 Å². The van der Waals surface area contributed by atoms with Gasteiger partial charge >= 0.3 is 0 Å². The van der Waals surface area contributed by atoms with Gasteiger partial charge in [-0.25, -0.2) is 0 Å². The van der Waals surface area contributed by atoms with Gasteiger partial charge in [0, 0.05) is 17.1 Å². The minimum Gasteiger partial charge on any atom is -0.368 e. The lowest BCUT2D eigenvalue weighted by Gasteiger charge is -2.23. The van der Waals surface area contributed by atoms with E-state index in [0.717, 1.165) is 0 Å². The number of rotatable bonds is 4. The molecule has 0 spiro atoms.